The predicted octanol–water partition coefficient (Wildman–Crippen LogP) is 1.60. The van der Waals surface area contributed by atoms with Gasteiger partial charge in [-0.25, -0.2) is 0 Å². The lowest BCUT2D eigenvalue weighted by atomic mass is 10.1. The van der Waals surface area contributed by atoms with Crippen LogP contribution < -0.4 is 10.1 Å². The van der Waals surface area contributed by atoms with E-state index >= 15 is 0 Å². The molecule has 0 saturated heterocycles. The van der Waals surface area contributed by atoms with Gasteiger partial charge in [0.1, 0.15) is 5.75 Å². The van der Waals surface area contributed by atoms with Crippen LogP contribution in [0.5, 0.6) is 5.75 Å². The van der Waals surface area contributed by atoms with Crippen LogP contribution in [0.25, 0.3) is 0 Å². The van der Waals surface area contributed by atoms with Crippen molar-refractivity contribution in [1.82, 2.24) is 5.32 Å². The van der Waals surface area contributed by atoms with E-state index in [2.05, 4.69) is 5.32 Å². The van der Waals surface area contributed by atoms with Crippen molar-refractivity contribution in [3.05, 3.63) is 41.8 Å². The van der Waals surface area contributed by atoms with Gasteiger partial charge in [-0.05, 0) is 24.1 Å². The molecule has 1 aromatic rings. The second-order valence-electron chi connectivity index (χ2n) is 3.16. The largest absolute Gasteiger partial charge is 0.441 e. The highest BCUT2D eigenvalue weighted by atomic mass is 16.5. The maximum absolute atomic E-state index is 10.8. The minimum absolute atomic E-state index is 0.115. The standard InChI is InChI=1S/C11H11NO2/c1-8(13)12-11-7-6-9-4-2-3-5-10(9)14-11/h2-5,7H,6H2,1H3,(H,12,13). The minimum Gasteiger partial charge on any atom is -0.441 e. The fraction of sp³-hybridized carbons (Fsp3) is 0.182. The van der Waals surface area contributed by atoms with Crippen molar-refractivity contribution in [1.29, 1.82) is 0 Å². The number of amides is 1. The summed E-state index contributed by atoms with van der Waals surface area (Å²) in [6.07, 6.45) is 2.66. The number of carbonyl (C=O) groups is 1. The Morgan fingerprint density at radius 3 is 3.00 bits per heavy atom. The van der Waals surface area contributed by atoms with Crippen molar-refractivity contribution in [3.8, 4) is 5.75 Å². The number of hydrogen-bond acceptors (Lipinski definition) is 2. The number of para-hydroxylation sites is 1. The van der Waals surface area contributed by atoms with E-state index in [-0.39, 0.29) is 5.91 Å². The van der Waals surface area contributed by atoms with Crippen molar-refractivity contribution in [2.24, 2.45) is 0 Å². The Bertz CT molecular complexity index is 396. The summed E-state index contributed by atoms with van der Waals surface area (Å²) in [6, 6.07) is 7.79. The number of ether oxygens (including phenoxy) is 1. The molecule has 3 nitrogen and oxygen atoms in total. The second kappa shape index (κ2) is 3.54. The zero-order chi connectivity index (χ0) is 9.97. The van der Waals surface area contributed by atoms with Crippen LogP contribution in [0.4, 0.5) is 0 Å². The van der Waals surface area contributed by atoms with Crippen LogP contribution in [0.15, 0.2) is 36.2 Å². The molecule has 1 aliphatic heterocycles. The molecule has 0 unspecified atom stereocenters. The average molecular weight is 189 g/mol. The molecule has 0 saturated carbocycles. The van der Waals surface area contributed by atoms with Crippen LogP contribution in [0, 0.1) is 0 Å². The summed E-state index contributed by atoms with van der Waals surface area (Å²) in [4.78, 5) is 10.8. The zero-order valence-corrected chi connectivity index (χ0v) is 7.91. The maximum Gasteiger partial charge on any atom is 0.223 e. The molecule has 1 N–H and O–H groups in total. The van der Waals surface area contributed by atoms with Crippen LogP contribution in [-0.2, 0) is 11.2 Å². The third-order valence-corrected chi connectivity index (χ3v) is 2.00. The Labute approximate surface area is 82.4 Å². The first-order chi connectivity index (χ1) is 6.75. The first-order valence-electron chi connectivity index (χ1n) is 4.49. The van der Waals surface area contributed by atoms with Crippen LogP contribution >= 0.6 is 0 Å². The molecule has 0 spiro atoms. The maximum atomic E-state index is 10.8. The molecule has 0 aliphatic carbocycles. The summed E-state index contributed by atoms with van der Waals surface area (Å²) in [5.74, 6) is 1.23. The first-order valence-corrected chi connectivity index (χ1v) is 4.49. The van der Waals surface area contributed by atoms with Gasteiger partial charge >= 0.3 is 0 Å². The molecule has 1 amide bonds. The van der Waals surface area contributed by atoms with Gasteiger partial charge in [0.25, 0.3) is 0 Å². The summed E-state index contributed by atoms with van der Waals surface area (Å²) in [7, 11) is 0. The Morgan fingerprint density at radius 2 is 2.21 bits per heavy atom. The Morgan fingerprint density at radius 1 is 1.43 bits per heavy atom. The van der Waals surface area contributed by atoms with Crippen molar-refractivity contribution in [2.45, 2.75) is 13.3 Å². The predicted molar refractivity (Wildman–Crippen MR) is 52.7 cm³/mol. The van der Waals surface area contributed by atoms with Crippen LogP contribution in [0.2, 0.25) is 0 Å². The van der Waals surface area contributed by atoms with Crippen LogP contribution in [0.3, 0.4) is 0 Å². The third kappa shape index (κ3) is 1.76. The monoisotopic (exact) mass is 189 g/mol. The van der Waals surface area contributed by atoms with E-state index in [4.69, 9.17) is 4.74 Å². The highest BCUT2D eigenvalue weighted by Gasteiger charge is 2.11. The summed E-state index contributed by atoms with van der Waals surface area (Å²) in [6.45, 7) is 1.46. The fourth-order valence-corrected chi connectivity index (χ4v) is 1.38. The molecule has 0 atom stereocenters. The molecule has 1 aliphatic rings. The van der Waals surface area contributed by atoms with Gasteiger partial charge < -0.3 is 4.74 Å². The van der Waals surface area contributed by atoms with Gasteiger partial charge in [-0.3, -0.25) is 10.1 Å². The fourth-order valence-electron chi connectivity index (χ4n) is 1.38. The number of rotatable bonds is 1. The van der Waals surface area contributed by atoms with Crippen molar-refractivity contribution in [3.63, 3.8) is 0 Å². The van der Waals surface area contributed by atoms with E-state index in [1.807, 2.05) is 30.3 Å². The molecule has 3 heteroatoms. The highest BCUT2D eigenvalue weighted by molar-refractivity contribution is 5.74. The van der Waals surface area contributed by atoms with E-state index in [0.29, 0.717) is 5.88 Å². The summed E-state index contributed by atoms with van der Waals surface area (Å²) in [5.41, 5.74) is 1.14. The summed E-state index contributed by atoms with van der Waals surface area (Å²) < 4.78 is 5.47. The van der Waals surface area contributed by atoms with Gasteiger partial charge in [-0.2, -0.15) is 0 Å². The van der Waals surface area contributed by atoms with Crippen LogP contribution in [0.1, 0.15) is 12.5 Å². The molecule has 1 heterocycles. The lowest BCUT2D eigenvalue weighted by Crippen LogP contribution is -2.24. The number of allylic oxidation sites excluding steroid dienone is 1. The van der Waals surface area contributed by atoms with E-state index in [1.165, 1.54) is 6.92 Å². The van der Waals surface area contributed by atoms with Crippen molar-refractivity contribution >= 4 is 5.91 Å². The number of fused-ring (bicyclic) bond motifs is 1. The van der Waals surface area contributed by atoms with Gasteiger partial charge in [-0.1, -0.05) is 18.2 Å². The van der Waals surface area contributed by atoms with E-state index in [9.17, 15) is 4.79 Å². The number of benzene rings is 1. The van der Waals surface area contributed by atoms with Crippen LogP contribution in [-0.4, -0.2) is 5.91 Å². The Kier molecular flexibility index (Phi) is 2.23. The van der Waals surface area contributed by atoms with Gasteiger partial charge in [0.05, 0.1) is 0 Å². The molecular formula is C11H11NO2. The zero-order valence-electron chi connectivity index (χ0n) is 7.91. The molecule has 0 bridgehead atoms. The summed E-state index contributed by atoms with van der Waals surface area (Å²) >= 11 is 0. The van der Waals surface area contributed by atoms with Crippen molar-refractivity contribution < 1.29 is 9.53 Å². The molecule has 0 fully saturated rings. The SMILES string of the molecule is CC(=O)NC1=CCc2ccccc2O1. The minimum atomic E-state index is -0.115. The second-order valence-corrected chi connectivity index (χ2v) is 3.16. The van der Waals surface area contributed by atoms with Gasteiger partial charge in [0, 0.05) is 6.92 Å². The van der Waals surface area contributed by atoms with Crippen molar-refractivity contribution in [2.75, 3.05) is 0 Å². The first kappa shape index (κ1) is 8.81. The number of nitrogens with one attached hydrogen (secondary N) is 1. The molecule has 2 rings (SSSR count). The molecule has 1 aromatic carbocycles. The molecular weight excluding hydrogens is 178 g/mol. The molecule has 0 aromatic heterocycles. The van der Waals surface area contributed by atoms with Gasteiger partial charge in [0.2, 0.25) is 5.91 Å². The lowest BCUT2D eigenvalue weighted by Gasteiger charge is -2.17. The third-order valence-electron chi connectivity index (χ3n) is 2.00. The number of carbonyl (C=O) groups excluding carboxylic acids is 1. The highest BCUT2D eigenvalue weighted by Crippen LogP contribution is 2.24. The smallest absolute Gasteiger partial charge is 0.223 e. The van der Waals surface area contributed by atoms with Gasteiger partial charge in [-0.15, -0.1) is 0 Å². The van der Waals surface area contributed by atoms with Gasteiger partial charge in [0.15, 0.2) is 5.88 Å². The molecule has 72 valence electrons. The van der Waals surface area contributed by atoms with E-state index in [1.54, 1.807) is 0 Å². The Hall–Kier alpha value is -1.77. The number of hydrogen-bond donors (Lipinski definition) is 1. The molecule has 0 radical (unpaired) electrons. The topological polar surface area (TPSA) is 38.3 Å². The Balaban J connectivity index is 2.17. The van der Waals surface area contributed by atoms with E-state index < -0.39 is 0 Å². The lowest BCUT2D eigenvalue weighted by molar-refractivity contribution is -0.118. The summed E-state index contributed by atoms with van der Waals surface area (Å²) in [5, 5.41) is 2.62. The quantitative estimate of drug-likeness (QED) is 0.728. The average Bonchev–Trinajstić information content (AvgIpc) is 2.17. The molecule has 14 heavy (non-hydrogen) atoms. The normalized spacial score (nSPS) is 13.6. The van der Waals surface area contributed by atoms with E-state index in [0.717, 1.165) is 17.7 Å².